The minimum Gasteiger partial charge on any atom is -0.465 e. The first-order valence-corrected chi connectivity index (χ1v) is 4.80. The zero-order valence-corrected chi connectivity index (χ0v) is 9.44. The molecule has 0 N–H and O–H groups in total. The Morgan fingerprint density at radius 3 is 2.31 bits per heavy atom. The van der Waals surface area contributed by atoms with Crippen LogP contribution in [0, 0.1) is 0 Å². The van der Waals surface area contributed by atoms with Crippen LogP contribution in [0.15, 0.2) is 12.1 Å². The second-order valence-corrected chi connectivity index (χ2v) is 3.03. The molecule has 0 fully saturated rings. The van der Waals surface area contributed by atoms with Crippen molar-refractivity contribution in [3.05, 3.63) is 29.1 Å². The van der Waals surface area contributed by atoms with Crippen LogP contribution < -0.4 is 0 Å². The maximum Gasteiger partial charge on any atom is 0.356 e. The highest BCUT2D eigenvalue weighted by molar-refractivity contribution is 5.92. The van der Waals surface area contributed by atoms with E-state index in [1.165, 1.54) is 26.4 Å². The molecule has 0 saturated carbocycles. The number of rotatable bonds is 3. The van der Waals surface area contributed by atoms with Gasteiger partial charge >= 0.3 is 11.9 Å². The largest absolute Gasteiger partial charge is 0.465 e. The molecule has 0 spiro atoms. The minimum absolute atomic E-state index is 0.187. The summed E-state index contributed by atoms with van der Waals surface area (Å²) < 4.78 is 9.16. The molecule has 0 amide bonds. The molecule has 1 rings (SSSR count). The van der Waals surface area contributed by atoms with Crippen molar-refractivity contribution < 1.29 is 19.1 Å². The number of carbonyl (C=O) groups excluding carboxylic acids is 2. The first kappa shape index (κ1) is 12.2. The molecule has 0 unspecified atom stereocenters. The highest BCUT2D eigenvalue weighted by Crippen LogP contribution is 2.10. The van der Waals surface area contributed by atoms with Gasteiger partial charge in [0, 0.05) is 0 Å². The first-order chi connectivity index (χ1) is 7.63. The van der Waals surface area contributed by atoms with E-state index in [9.17, 15) is 9.59 Å². The van der Waals surface area contributed by atoms with Crippen LogP contribution >= 0.6 is 0 Å². The molecule has 86 valence electrons. The van der Waals surface area contributed by atoms with E-state index in [1.807, 2.05) is 6.92 Å². The number of carbonyl (C=O) groups is 2. The van der Waals surface area contributed by atoms with Crippen molar-refractivity contribution in [2.24, 2.45) is 0 Å². The third kappa shape index (κ3) is 2.36. The van der Waals surface area contributed by atoms with Crippen molar-refractivity contribution in [1.29, 1.82) is 0 Å². The molecule has 0 radical (unpaired) electrons. The number of esters is 2. The van der Waals surface area contributed by atoms with Gasteiger partial charge in [0.1, 0.15) is 5.69 Å². The van der Waals surface area contributed by atoms with Gasteiger partial charge in [-0.3, -0.25) is 0 Å². The Bertz CT molecular complexity index is 414. The summed E-state index contributed by atoms with van der Waals surface area (Å²) in [6.45, 7) is 1.84. The average Bonchev–Trinajstić information content (AvgIpc) is 2.35. The minimum atomic E-state index is -0.522. The van der Waals surface area contributed by atoms with E-state index in [0.717, 1.165) is 0 Å². The molecule has 0 aliphatic heterocycles. The monoisotopic (exact) mass is 223 g/mol. The molecule has 1 aromatic heterocycles. The molecule has 0 aliphatic carbocycles. The number of methoxy groups -OCH3 is 2. The number of hydrogen-bond acceptors (Lipinski definition) is 5. The van der Waals surface area contributed by atoms with E-state index in [-0.39, 0.29) is 5.69 Å². The predicted molar refractivity (Wildman–Crippen MR) is 56.3 cm³/mol. The Kier molecular flexibility index (Phi) is 3.99. The zero-order valence-electron chi connectivity index (χ0n) is 9.44. The smallest absolute Gasteiger partial charge is 0.356 e. The van der Waals surface area contributed by atoms with Gasteiger partial charge in [-0.1, -0.05) is 6.92 Å². The van der Waals surface area contributed by atoms with Crippen LogP contribution in [0.2, 0.25) is 0 Å². The van der Waals surface area contributed by atoms with Crippen LogP contribution in [-0.2, 0) is 15.9 Å². The van der Waals surface area contributed by atoms with Gasteiger partial charge in [0.25, 0.3) is 0 Å². The number of hydrogen-bond donors (Lipinski definition) is 0. The lowest BCUT2D eigenvalue weighted by molar-refractivity contribution is 0.0579. The Morgan fingerprint density at radius 2 is 1.81 bits per heavy atom. The molecule has 0 saturated heterocycles. The average molecular weight is 223 g/mol. The van der Waals surface area contributed by atoms with Gasteiger partial charge in [0.05, 0.1) is 25.5 Å². The fraction of sp³-hybridized carbons (Fsp3) is 0.364. The van der Waals surface area contributed by atoms with Crippen LogP contribution in [0.3, 0.4) is 0 Å². The third-order valence-electron chi connectivity index (χ3n) is 2.11. The van der Waals surface area contributed by atoms with Gasteiger partial charge in [-0.05, 0) is 18.6 Å². The zero-order chi connectivity index (χ0) is 12.1. The molecule has 5 nitrogen and oxygen atoms in total. The van der Waals surface area contributed by atoms with Gasteiger partial charge in [-0.15, -0.1) is 0 Å². The van der Waals surface area contributed by atoms with Crippen molar-refractivity contribution in [2.75, 3.05) is 14.2 Å². The Labute approximate surface area is 93.4 Å². The summed E-state index contributed by atoms with van der Waals surface area (Å²) in [7, 11) is 2.58. The maximum absolute atomic E-state index is 11.4. The fourth-order valence-corrected chi connectivity index (χ4v) is 1.28. The van der Waals surface area contributed by atoms with Crippen molar-refractivity contribution in [3.8, 4) is 0 Å². The molecule has 5 heteroatoms. The van der Waals surface area contributed by atoms with Crippen molar-refractivity contribution >= 4 is 11.9 Å². The SMILES string of the molecule is CCc1nc(C(=O)OC)ccc1C(=O)OC. The van der Waals surface area contributed by atoms with E-state index >= 15 is 0 Å². The third-order valence-corrected chi connectivity index (χ3v) is 2.11. The van der Waals surface area contributed by atoms with Crippen LogP contribution in [0.1, 0.15) is 33.5 Å². The number of pyridine rings is 1. The predicted octanol–water partition coefficient (Wildman–Crippen LogP) is 1.22. The lowest BCUT2D eigenvalue weighted by atomic mass is 10.1. The number of ether oxygens (including phenoxy) is 2. The van der Waals surface area contributed by atoms with Crippen LogP contribution in [-0.4, -0.2) is 31.1 Å². The van der Waals surface area contributed by atoms with Gasteiger partial charge < -0.3 is 9.47 Å². The number of aromatic nitrogens is 1. The lowest BCUT2D eigenvalue weighted by Gasteiger charge is -2.06. The quantitative estimate of drug-likeness (QED) is 0.721. The van der Waals surface area contributed by atoms with Crippen molar-refractivity contribution in [3.63, 3.8) is 0 Å². The molecule has 1 aromatic rings. The lowest BCUT2D eigenvalue weighted by Crippen LogP contribution is -2.11. The summed E-state index contributed by atoms with van der Waals surface area (Å²) in [4.78, 5) is 26.7. The second kappa shape index (κ2) is 5.25. The van der Waals surface area contributed by atoms with E-state index in [2.05, 4.69) is 14.5 Å². The molecule has 16 heavy (non-hydrogen) atoms. The molecule has 0 aromatic carbocycles. The summed E-state index contributed by atoms with van der Waals surface area (Å²) in [5.74, 6) is -0.980. The summed E-state index contributed by atoms with van der Waals surface area (Å²) in [6.07, 6.45) is 0.537. The molecule has 0 aliphatic rings. The van der Waals surface area contributed by atoms with Gasteiger partial charge in [-0.2, -0.15) is 0 Å². The van der Waals surface area contributed by atoms with E-state index in [0.29, 0.717) is 17.7 Å². The molecule has 1 heterocycles. The summed E-state index contributed by atoms with van der Waals surface area (Å²) in [6, 6.07) is 2.96. The maximum atomic E-state index is 11.4. The van der Waals surface area contributed by atoms with Gasteiger partial charge in [0.2, 0.25) is 0 Å². The summed E-state index contributed by atoms with van der Waals surface area (Å²) >= 11 is 0. The molecule has 0 bridgehead atoms. The van der Waals surface area contributed by atoms with Crippen molar-refractivity contribution in [2.45, 2.75) is 13.3 Å². The molecular formula is C11H13NO4. The van der Waals surface area contributed by atoms with Gasteiger partial charge in [0.15, 0.2) is 0 Å². The van der Waals surface area contributed by atoms with E-state index in [4.69, 9.17) is 0 Å². The van der Waals surface area contributed by atoms with E-state index in [1.54, 1.807) is 0 Å². The van der Waals surface area contributed by atoms with E-state index < -0.39 is 11.9 Å². The Morgan fingerprint density at radius 1 is 1.19 bits per heavy atom. The second-order valence-electron chi connectivity index (χ2n) is 3.03. The molecule has 0 atom stereocenters. The van der Waals surface area contributed by atoms with Crippen LogP contribution in [0.4, 0.5) is 0 Å². The van der Waals surface area contributed by atoms with Crippen molar-refractivity contribution in [1.82, 2.24) is 4.98 Å². The fourth-order valence-electron chi connectivity index (χ4n) is 1.28. The van der Waals surface area contributed by atoms with Crippen LogP contribution in [0.25, 0.3) is 0 Å². The topological polar surface area (TPSA) is 65.5 Å². The van der Waals surface area contributed by atoms with Gasteiger partial charge in [-0.25, -0.2) is 14.6 Å². The van der Waals surface area contributed by atoms with Crippen LogP contribution in [0.5, 0.6) is 0 Å². The summed E-state index contributed by atoms with van der Waals surface area (Å²) in [5, 5.41) is 0. The summed E-state index contributed by atoms with van der Waals surface area (Å²) in [5.41, 5.74) is 1.08. The first-order valence-electron chi connectivity index (χ1n) is 4.80. The number of nitrogens with zero attached hydrogens (tertiary/aromatic N) is 1. The number of aryl methyl sites for hydroxylation is 1. The highest BCUT2D eigenvalue weighted by atomic mass is 16.5. The Balaban J connectivity index is 3.16. The standard InChI is InChI=1S/C11H13NO4/c1-4-8-7(10(13)15-2)5-6-9(12-8)11(14)16-3/h5-6H,4H2,1-3H3. The normalized spacial score (nSPS) is 9.69. The highest BCUT2D eigenvalue weighted by Gasteiger charge is 2.15. The Hall–Kier alpha value is -1.91. The molecular weight excluding hydrogens is 210 g/mol.